The summed E-state index contributed by atoms with van der Waals surface area (Å²) >= 11 is 0. The Kier molecular flexibility index (Phi) is 6.89. The number of hydrogen-bond donors (Lipinski definition) is 1. The van der Waals surface area contributed by atoms with Crippen LogP contribution in [0.15, 0.2) is 24.3 Å². The smallest absolute Gasteiger partial charge is 0.253 e. The molecule has 5 heteroatoms. The second-order valence-electron chi connectivity index (χ2n) is 7.93. The molecule has 1 aliphatic carbocycles. The minimum Gasteiger partial charge on any atom is -0.339 e. The van der Waals surface area contributed by atoms with Crippen molar-refractivity contribution in [2.45, 2.75) is 46.0 Å². The van der Waals surface area contributed by atoms with Crippen molar-refractivity contribution < 1.29 is 9.59 Å². The number of piperidine rings is 1. The molecule has 0 aromatic heterocycles. The molecule has 2 fully saturated rings. The summed E-state index contributed by atoms with van der Waals surface area (Å²) in [5.41, 5.74) is 1.42. The van der Waals surface area contributed by atoms with Gasteiger partial charge >= 0.3 is 0 Å². The largest absolute Gasteiger partial charge is 0.339 e. The van der Waals surface area contributed by atoms with Crippen LogP contribution in [0, 0.1) is 11.8 Å². The van der Waals surface area contributed by atoms with Gasteiger partial charge in [0.1, 0.15) is 0 Å². The van der Waals surface area contributed by atoms with Crippen LogP contribution in [0.5, 0.6) is 0 Å². The molecule has 2 aliphatic rings. The van der Waals surface area contributed by atoms with Crippen LogP contribution in [0.2, 0.25) is 0 Å². The summed E-state index contributed by atoms with van der Waals surface area (Å²) in [6.07, 6.45) is 6.67. The summed E-state index contributed by atoms with van der Waals surface area (Å²) in [7, 11) is 0. The molecule has 0 unspecified atom stereocenters. The Morgan fingerprint density at radius 2 is 1.70 bits per heavy atom. The normalized spacial score (nSPS) is 22.7. The summed E-state index contributed by atoms with van der Waals surface area (Å²) in [6.45, 7) is 7.92. The van der Waals surface area contributed by atoms with E-state index in [2.05, 4.69) is 10.2 Å². The molecular formula is C22H33N3O2. The predicted octanol–water partition coefficient (Wildman–Crippen LogP) is 3.62. The summed E-state index contributed by atoms with van der Waals surface area (Å²) in [5.74, 6) is 1.74. The zero-order valence-corrected chi connectivity index (χ0v) is 16.7. The van der Waals surface area contributed by atoms with Gasteiger partial charge in [-0.1, -0.05) is 19.3 Å². The van der Waals surface area contributed by atoms with Gasteiger partial charge in [-0.3, -0.25) is 14.5 Å². The Morgan fingerprint density at radius 1 is 1.04 bits per heavy atom. The highest BCUT2D eigenvalue weighted by Crippen LogP contribution is 2.35. The van der Waals surface area contributed by atoms with Crippen molar-refractivity contribution in [2.75, 3.05) is 38.0 Å². The summed E-state index contributed by atoms with van der Waals surface area (Å²) in [5, 5.41) is 2.98. The molecule has 3 rings (SSSR count). The van der Waals surface area contributed by atoms with Crippen molar-refractivity contribution in [3.63, 3.8) is 0 Å². The molecule has 148 valence electrons. The van der Waals surface area contributed by atoms with Gasteiger partial charge in [-0.05, 0) is 69.3 Å². The van der Waals surface area contributed by atoms with Gasteiger partial charge in [-0.15, -0.1) is 0 Å². The van der Waals surface area contributed by atoms with Crippen LogP contribution in [0.25, 0.3) is 0 Å². The Hall–Kier alpha value is -1.88. The van der Waals surface area contributed by atoms with Gasteiger partial charge in [0.25, 0.3) is 5.91 Å². The van der Waals surface area contributed by atoms with Crippen LogP contribution in [-0.2, 0) is 4.79 Å². The molecule has 1 aromatic carbocycles. The topological polar surface area (TPSA) is 52.7 Å². The number of anilines is 1. The molecule has 2 amide bonds. The number of hydrogen-bond acceptors (Lipinski definition) is 3. The average Bonchev–Trinajstić information content (AvgIpc) is 2.69. The fraction of sp³-hybridized carbons (Fsp3) is 0.636. The lowest BCUT2D eigenvalue weighted by Gasteiger charge is -2.41. The summed E-state index contributed by atoms with van der Waals surface area (Å²) in [4.78, 5) is 28.9. The molecule has 1 saturated carbocycles. The number of benzene rings is 1. The number of carbonyl (C=O) groups excluding carboxylic acids is 2. The van der Waals surface area contributed by atoms with Gasteiger partial charge in [-0.25, -0.2) is 0 Å². The number of carbonyl (C=O) groups is 2. The lowest BCUT2D eigenvalue weighted by molar-refractivity contribution is -0.118. The monoisotopic (exact) mass is 371 g/mol. The first kappa shape index (κ1) is 19.9. The molecule has 27 heavy (non-hydrogen) atoms. The van der Waals surface area contributed by atoms with Crippen LogP contribution in [-0.4, -0.2) is 54.3 Å². The first-order chi connectivity index (χ1) is 13.1. The molecule has 0 bridgehead atoms. The Morgan fingerprint density at radius 3 is 2.37 bits per heavy atom. The highest BCUT2D eigenvalue weighted by molar-refractivity contribution is 5.96. The van der Waals surface area contributed by atoms with E-state index >= 15 is 0 Å². The van der Waals surface area contributed by atoms with Gasteiger partial charge in [-0.2, -0.15) is 0 Å². The van der Waals surface area contributed by atoms with Gasteiger partial charge in [0.15, 0.2) is 0 Å². The van der Waals surface area contributed by atoms with E-state index in [9.17, 15) is 9.59 Å². The molecule has 1 aromatic rings. The molecular weight excluding hydrogens is 338 g/mol. The lowest BCUT2D eigenvalue weighted by Crippen LogP contribution is -2.44. The Labute approximate surface area is 163 Å². The number of rotatable bonds is 6. The molecule has 1 saturated heterocycles. The van der Waals surface area contributed by atoms with Crippen LogP contribution in [0.3, 0.4) is 0 Å². The second-order valence-corrected chi connectivity index (χ2v) is 7.93. The van der Waals surface area contributed by atoms with Crippen LogP contribution >= 0.6 is 0 Å². The number of nitrogens with one attached hydrogen (secondary N) is 1. The maximum Gasteiger partial charge on any atom is 0.253 e. The van der Waals surface area contributed by atoms with Crippen molar-refractivity contribution in [1.29, 1.82) is 0 Å². The Balaban J connectivity index is 1.50. The van der Waals surface area contributed by atoms with E-state index in [0.29, 0.717) is 25.2 Å². The quantitative estimate of drug-likeness (QED) is 0.831. The maximum atomic E-state index is 12.4. The van der Waals surface area contributed by atoms with E-state index in [-0.39, 0.29) is 11.8 Å². The maximum absolute atomic E-state index is 12.4. The standard InChI is InChI=1S/C22H33N3O2/c1-3-25(4-2)22(27)18-9-11-20(12-10-18)23-21(26)16-24-14-13-17-7-5-6-8-19(17)15-24/h9-12,17,19H,3-8,13-16H2,1-2H3,(H,23,26)/t17-,19-/m1/s1. The third-order valence-electron chi connectivity index (χ3n) is 6.21. The van der Waals surface area contributed by atoms with Gasteiger partial charge in [0.05, 0.1) is 6.54 Å². The second kappa shape index (κ2) is 9.36. The first-order valence-corrected chi connectivity index (χ1v) is 10.5. The number of likely N-dealkylation sites (tertiary alicyclic amines) is 1. The average molecular weight is 372 g/mol. The van der Waals surface area contributed by atoms with Crippen molar-refractivity contribution in [3.8, 4) is 0 Å². The van der Waals surface area contributed by atoms with Crippen molar-refractivity contribution in [1.82, 2.24) is 9.80 Å². The fourth-order valence-electron chi connectivity index (χ4n) is 4.61. The zero-order valence-electron chi connectivity index (χ0n) is 16.7. The minimum absolute atomic E-state index is 0.0343. The molecule has 5 nitrogen and oxygen atoms in total. The van der Waals surface area contributed by atoms with Gasteiger partial charge in [0.2, 0.25) is 5.91 Å². The molecule has 0 radical (unpaired) electrons. The molecule has 1 N–H and O–H groups in total. The molecule has 0 spiro atoms. The van der Waals surface area contributed by atoms with E-state index in [4.69, 9.17) is 0 Å². The predicted molar refractivity (Wildman–Crippen MR) is 109 cm³/mol. The van der Waals surface area contributed by atoms with Gasteiger partial charge in [0, 0.05) is 30.9 Å². The van der Waals surface area contributed by atoms with Crippen LogP contribution in [0.1, 0.15) is 56.3 Å². The number of nitrogens with zero attached hydrogens (tertiary/aromatic N) is 2. The minimum atomic E-state index is 0.0343. The van der Waals surface area contributed by atoms with E-state index in [1.165, 1.54) is 32.1 Å². The summed E-state index contributed by atoms with van der Waals surface area (Å²) < 4.78 is 0. The van der Waals surface area contributed by atoms with Crippen molar-refractivity contribution >= 4 is 17.5 Å². The number of fused-ring (bicyclic) bond motifs is 1. The third-order valence-corrected chi connectivity index (χ3v) is 6.21. The van der Waals surface area contributed by atoms with Gasteiger partial charge < -0.3 is 10.2 Å². The number of amides is 2. The van der Waals surface area contributed by atoms with E-state index < -0.39 is 0 Å². The lowest BCUT2D eigenvalue weighted by atomic mass is 9.75. The SMILES string of the molecule is CCN(CC)C(=O)c1ccc(NC(=O)CN2CC[C@H]3CCCC[C@@H]3C2)cc1. The van der Waals surface area contributed by atoms with Crippen molar-refractivity contribution in [2.24, 2.45) is 11.8 Å². The fourth-order valence-corrected chi connectivity index (χ4v) is 4.61. The zero-order chi connectivity index (χ0) is 19.2. The molecule has 1 aliphatic heterocycles. The highest BCUT2D eigenvalue weighted by Gasteiger charge is 2.31. The van der Waals surface area contributed by atoms with E-state index in [1.807, 2.05) is 26.0 Å². The first-order valence-electron chi connectivity index (χ1n) is 10.5. The van der Waals surface area contributed by atoms with Crippen molar-refractivity contribution in [3.05, 3.63) is 29.8 Å². The summed E-state index contributed by atoms with van der Waals surface area (Å²) in [6, 6.07) is 7.23. The molecule has 2 atom stereocenters. The Bertz CT molecular complexity index is 639. The van der Waals surface area contributed by atoms with E-state index in [1.54, 1.807) is 17.0 Å². The van der Waals surface area contributed by atoms with Crippen LogP contribution < -0.4 is 5.32 Å². The van der Waals surface area contributed by atoms with E-state index in [0.717, 1.165) is 30.6 Å². The highest BCUT2D eigenvalue weighted by atomic mass is 16.2. The molecule has 1 heterocycles. The van der Waals surface area contributed by atoms with Crippen LogP contribution in [0.4, 0.5) is 5.69 Å². The third kappa shape index (κ3) is 5.10.